The zero-order valence-corrected chi connectivity index (χ0v) is 16.9. The average molecular weight is 374 g/mol. The molecule has 0 aliphatic carbocycles. The van der Waals surface area contributed by atoms with E-state index in [9.17, 15) is 8.42 Å². The SMILES string of the molecule is CN(C)S(=O)(=O)c1cccc(NC(=S)NCC(C)(C)C[NH+](C)C)c1. The molecule has 0 unspecified atom stereocenters. The number of quaternary nitrogens is 1. The van der Waals surface area contributed by atoms with Crippen molar-refractivity contribution in [2.45, 2.75) is 18.7 Å². The first-order chi connectivity index (χ1) is 10.9. The van der Waals surface area contributed by atoms with Crippen molar-refractivity contribution >= 4 is 33.0 Å². The van der Waals surface area contributed by atoms with Crippen LogP contribution in [0.5, 0.6) is 0 Å². The maximum absolute atomic E-state index is 12.2. The lowest BCUT2D eigenvalue weighted by molar-refractivity contribution is -0.865. The molecule has 0 atom stereocenters. The molecule has 0 saturated carbocycles. The molecule has 8 heteroatoms. The molecule has 0 aliphatic rings. The molecule has 0 bridgehead atoms. The van der Waals surface area contributed by atoms with Gasteiger partial charge in [-0.1, -0.05) is 19.9 Å². The Labute approximate surface area is 151 Å². The number of nitrogens with zero attached hydrogens (tertiary/aromatic N) is 1. The third-order valence-electron chi connectivity index (χ3n) is 3.43. The summed E-state index contributed by atoms with van der Waals surface area (Å²) in [5, 5.41) is 6.74. The average Bonchev–Trinajstić information content (AvgIpc) is 2.44. The van der Waals surface area contributed by atoms with Crippen LogP contribution in [-0.4, -0.2) is 59.1 Å². The second-order valence-corrected chi connectivity index (χ2v) is 9.73. The number of hydrogen-bond donors (Lipinski definition) is 3. The van der Waals surface area contributed by atoms with Crippen molar-refractivity contribution in [1.82, 2.24) is 9.62 Å². The van der Waals surface area contributed by atoms with Crippen LogP contribution in [0.25, 0.3) is 0 Å². The van der Waals surface area contributed by atoms with Crippen LogP contribution in [0.1, 0.15) is 13.8 Å². The van der Waals surface area contributed by atoms with Crippen molar-refractivity contribution in [3.8, 4) is 0 Å². The normalized spacial score (nSPS) is 12.5. The number of thiocarbonyl (C=S) groups is 1. The van der Waals surface area contributed by atoms with Gasteiger partial charge in [0.25, 0.3) is 0 Å². The van der Waals surface area contributed by atoms with E-state index in [-0.39, 0.29) is 10.3 Å². The molecule has 0 saturated heterocycles. The Balaban J connectivity index is 2.72. The van der Waals surface area contributed by atoms with E-state index in [1.807, 2.05) is 0 Å². The van der Waals surface area contributed by atoms with Crippen molar-refractivity contribution in [1.29, 1.82) is 0 Å². The molecule has 24 heavy (non-hydrogen) atoms. The first kappa shape index (κ1) is 20.8. The van der Waals surface area contributed by atoms with Gasteiger partial charge in [0.05, 0.1) is 25.5 Å². The molecule has 0 spiro atoms. The van der Waals surface area contributed by atoms with Gasteiger partial charge in [0, 0.05) is 31.7 Å². The highest BCUT2D eigenvalue weighted by atomic mass is 32.2. The van der Waals surface area contributed by atoms with E-state index in [0.717, 1.165) is 13.1 Å². The quantitative estimate of drug-likeness (QED) is 0.604. The lowest BCUT2D eigenvalue weighted by Crippen LogP contribution is -3.07. The molecule has 1 aromatic rings. The lowest BCUT2D eigenvalue weighted by atomic mass is 9.93. The summed E-state index contributed by atoms with van der Waals surface area (Å²) in [6.07, 6.45) is 0. The molecule has 0 radical (unpaired) electrons. The van der Waals surface area contributed by atoms with E-state index in [1.165, 1.54) is 23.3 Å². The van der Waals surface area contributed by atoms with Gasteiger partial charge in [-0.15, -0.1) is 0 Å². The number of rotatable bonds is 7. The summed E-state index contributed by atoms with van der Waals surface area (Å²) < 4.78 is 25.5. The van der Waals surface area contributed by atoms with Gasteiger partial charge >= 0.3 is 0 Å². The third kappa shape index (κ3) is 6.35. The van der Waals surface area contributed by atoms with Crippen LogP contribution in [0.2, 0.25) is 0 Å². The van der Waals surface area contributed by atoms with Crippen molar-refractivity contribution in [3.05, 3.63) is 24.3 Å². The Bertz CT molecular complexity index is 670. The molecule has 0 aromatic heterocycles. The number of nitrogens with one attached hydrogen (secondary N) is 3. The zero-order valence-electron chi connectivity index (χ0n) is 15.3. The Morgan fingerprint density at radius 3 is 2.46 bits per heavy atom. The minimum Gasteiger partial charge on any atom is -0.362 e. The number of hydrogen-bond acceptors (Lipinski definition) is 3. The molecule has 0 fully saturated rings. The number of benzene rings is 1. The Hall–Kier alpha value is -1.22. The van der Waals surface area contributed by atoms with E-state index in [4.69, 9.17) is 12.2 Å². The summed E-state index contributed by atoms with van der Waals surface area (Å²) in [5.41, 5.74) is 0.743. The van der Waals surface area contributed by atoms with Gasteiger partial charge < -0.3 is 15.5 Å². The van der Waals surface area contributed by atoms with Crippen LogP contribution in [0.15, 0.2) is 29.2 Å². The molecule has 6 nitrogen and oxygen atoms in total. The van der Waals surface area contributed by atoms with Gasteiger partial charge in [-0.3, -0.25) is 0 Å². The van der Waals surface area contributed by atoms with Crippen LogP contribution in [0.4, 0.5) is 5.69 Å². The smallest absolute Gasteiger partial charge is 0.242 e. The summed E-state index contributed by atoms with van der Waals surface area (Å²) in [7, 11) is 3.80. The Kier molecular flexibility index (Phi) is 7.15. The number of anilines is 1. The Morgan fingerprint density at radius 1 is 1.29 bits per heavy atom. The second kappa shape index (κ2) is 8.24. The molecule has 0 amide bonds. The summed E-state index contributed by atoms with van der Waals surface area (Å²) in [4.78, 5) is 1.61. The molecule has 1 aromatic carbocycles. The number of sulfonamides is 1. The van der Waals surface area contributed by atoms with Gasteiger partial charge in [0.1, 0.15) is 0 Å². The van der Waals surface area contributed by atoms with Gasteiger partial charge in [0.15, 0.2) is 5.11 Å². The first-order valence-electron chi connectivity index (χ1n) is 7.80. The van der Waals surface area contributed by atoms with Crippen molar-refractivity contribution in [3.63, 3.8) is 0 Å². The predicted molar refractivity (Wildman–Crippen MR) is 103 cm³/mol. The third-order valence-corrected chi connectivity index (χ3v) is 5.49. The van der Waals surface area contributed by atoms with E-state index in [2.05, 4.69) is 38.6 Å². The standard InChI is InChI=1S/C16H28N4O2S2/c1-16(2,12-19(3)4)11-17-15(23)18-13-8-7-9-14(10-13)24(21,22)20(5)6/h7-10H,11-12H2,1-6H3,(H2,17,18,23)/p+1. The minimum atomic E-state index is -3.46. The molecular weight excluding hydrogens is 344 g/mol. The fourth-order valence-electron chi connectivity index (χ4n) is 2.46. The monoisotopic (exact) mass is 373 g/mol. The van der Waals surface area contributed by atoms with E-state index in [0.29, 0.717) is 10.8 Å². The van der Waals surface area contributed by atoms with Gasteiger partial charge in [-0.05, 0) is 30.4 Å². The minimum absolute atomic E-state index is 0.0979. The summed E-state index contributed by atoms with van der Waals surface area (Å²) in [6, 6.07) is 6.64. The van der Waals surface area contributed by atoms with E-state index < -0.39 is 10.0 Å². The topological polar surface area (TPSA) is 65.9 Å². The van der Waals surface area contributed by atoms with E-state index in [1.54, 1.807) is 24.3 Å². The van der Waals surface area contributed by atoms with Crippen LogP contribution < -0.4 is 15.5 Å². The van der Waals surface area contributed by atoms with Crippen molar-refractivity contribution < 1.29 is 13.3 Å². The summed E-state index contributed by atoms with van der Waals surface area (Å²) in [5.74, 6) is 0. The fourth-order valence-corrected chi connectivity index (χ4v) is 3.60. The van der Waals surface area contributed by atoms with Gasteiger partial charge in [-0.25, -0.2) is 12.7 Å². The fraction of sp³-hybridized carbons (Fsp3) is 0.562. The Morgan fingerprint density at radius 2 is 1.92 bits per heavy atom. The van der Waals surface area contributed by atoms with Crippen LogP contribution in [0, 0.1) is 5.41 Å². The van der Waals surface area contributed by atoms with Gasteiger partial charge in [0.2, 0.25) is 10.0 Å². The van der Waals surface area contributed by atoms with Crippen LogP contribution in [-0.2, 0) is 10.0 Å². The predicted octanol–water partition coefficient (Wildman–Crippen LogP) is 0.394. The highest BCUT2D eigenvalue weighted by Crippen LogP contribution is 2.18. The van der Waals surface area contributed by atoms with Crippen molar-refractivity contribution in [2.24, 2.45) is 5.41 Å². The zero-order chi connectivity index (χ0) is 18.5. The highest BCUT2D eigenvalue weighted by Gasteiger charge is 2.22. The maximum atomic E-state index is 12.2. The summed E-state index contributed by atoms with van der Waals surface area (Å²) >= 11 is 5.32. The lowest BCUT2D eigenvalue weighted by Gasteiger charge is -2.26. The van der Waals surface area contributed by atoms with Crippen molar-refractivity contribution in [2.75, 3.05) is 46.6 Å². The summed E-state index contributed by atoms with van der Waals surface area (Å²) in [6.45, 7) is 6.11. The highest BCUT2D eigenvalue weighted by molar-refractivity contribution is 7.89. The second-order valence-electron chi connectivity index (χ2n) is 7.17. The maximum Gasteiger partial charge on any atom is 0.242 e. The van der Waals surface area contributed by atoms with Crippen LogP contribution >= 0.6 is 12.2 Å². The molecule has 0 heterocycles. The van der Waals surface area contributed by atoms with Gasteiger partial charge in [-0.2, -0.15) is 0 Å². The molecule has 0 aliphatic heterocycles. The molecule has 3 N–H and O–H groups in total. The van der Waals surface area contributed by atoms with E-state index >= 15 is 0 Å². The first-order valence-corrected chi connectivity index (χ1v) is 9.65. The molecule has 136 valence electrons. The largest absolute Gasteiger partial charge is 0.362 e. The molecule has 1 rings (SSSR count). The van der Waals surface area contributed by atoms with Crippen LogP contribution in [0.3, 0.4) is 0 Å². The molecular formula is C16H29N4O2S2+.